The Bertz CT molecular complexity index is 693. The molecule has 1 aliphatic carbocycles. The first-order chi connectivity index (χ1) is 10.6. The van der Waals surface area contributed by atoms with Crippen molar-refractivity contribution < 1.29 is 9.53 Å². The summed E-state index contributed by atoms with van der Waals surface area (Å²) in [6.07, 6.45) is 2.66. The molecule has 1 amide bonds. The van der Waals surface area contributed by atoms with Gasteiger partial charge in [-0.25, -0.2) is 4.98 Å². The Labute approximate surface area is 149 Å². The Morgan fingerprint density at radius 3 is 3.13 bits per heavy atom. The number of carbonyl (C=O) groups is 1. The number of aryl methyl sites for hydroxylation is 1. The zero-order chi connectivity index (χ0) is 15.5. The lowest BCUT2D eigenvalue weighted by Gasteiger charge is -2.15. The molecule has 5 nitrogen and oxygen atoms in total. The van der Waals surface area contributed by atoms with Crippen LogP contribution in [0.15, 0.2) is 24.3 Å². The van der Waals surface area contributed by atoms with Crippen LogP contribution in [0, 0.1) is 0 Å². The molecule has 0 unspecified atom stereocenters. The highest BCUT2D eigenvalue weighted by Gasteiger charge is 2.20. The summed E-state index contributed by atoms with van der Waals surface area (Å²) in [5.41, 5.74) is 7.00. The van der Waals surface area contributed by atoms with Crippen molar-refractivity contribution in [3.63, 3.8) is 0 Å². The minimum Gasteiger partial charge on any atom is -0.484 e. The van der Waals surface area contributed by atoms with Crippen molar-refractivity contribution in [3.05, 3.63) is 39.9 Å². The van der Waals surface area contributed by atoms with Crippen LogP contribution in [0.3, 0.4) is 0 Å². The van der Waals surface area contributed by atoms with E-state index in [9.17, 15) is 4.79 Å². The second-order valence-corrected chi connectivity index (χ2v) is 6.71. The maximum Gasteiger partial charge on any atom is 0.264 e. The van der Waals surface area contributed by atoms with E-state index in [1.54, 1.807) is 24.3 Å². The third-order valence-electron chi connectivity index (χ3n) is 3.39. The van der Waals surface area contributed by atoms with Crippen LogP contribution in [0.5, 0.6) is 5.75 Å². The number of fused-ring (bicyclic) bond motifs is 1. The highest BCUT2D eigenvalue weighted by molar-refractivity contribution is 7.15. The van der Waals surface area contributed by atoms with Gasteiger partial charge < -0.3 is 10.5 Å². The number of nitrogens with one attached hydrogen (secondary N) is 1. The third kappa shape index (κ3) is 4.81. The number of carbonyl (C=O) groups excluding carboxylic acids is 1. The molecule has 1 aliphatic rings. The molecule has 1 atom stereocenters. The maximum absolute atomic E-state index is 11.9. The van der Waals surface area contributed by atoms with Gasteiger partial charge in [0.05, 0.1) is 5.69 Å². The summed E-state index contributed by atoms with van der Waals surface area (Å²) in [4.78, 5) is 17.5. The third-order valence-corrected chi connectivity index (χ3v) is 4.66. The number of thiazole rings is 1. The van der Waals surface area contributed by atoms with E-state index in [0.717, 1.165) is 25.0 Å². The van der Waals surface area contributed by atoms with Gasteiger partial charge in [0.1, 0.15) is 5.75 Å². The summed E-state index contributed by atoms with van der Waals surface area (Å²) in [7, 11) is 0. The number of anilines is 1. The van der Waals surface area contributed by atoms with E-state index in [1.165, 1.54) is 16.2 Å². The number of benzene rings is 1. The van der Waals surface area contributed by atoms with Crippen LogP contribution < -0.4 is 15.8 Å². The zero-order valence-electron chi connectivity index (χ0n) is 12.3. The van der Waals surface area contributed by atoms with E-state index in [4.69, 9.17) is 22.1 Å². The van der Waals surface area contributed by atoms with Crippen molar-refractivity contribution in [2.75, 3.05) is 11.9 Å². The Hall–Kier alpha value is -1.34. The van der Waals surface area contributed by atoms with Gasteiger partial charge in [0.2, 0.25) is 0 Å². The fraction of sp³-hybridized carbons (Fsp3) is 0.333. The molecule has 0 spiro atoms. The summed E-state index contributed by atoms with van der Waals surface area (Å²) in [6, 6.07) is 7.14. The summed E-state index contributed by atoms with van der Waals surface area (Å²) >= 11 is 7.35. The summed E-state index contributed by atoms with van der Waals surface area (Å²) in [6.45, 7) is -0.0793. The van der Waals surface area contributed by atoms with Crippen molar-refractivity contribution in [2.45, 2.75) is 25.3 Å². The minimum atomic E-state index is -0.240. The van der Waals surface area contributed by atoms with Gasteiger partial charge in [0.25, 0.3) is 5.91 Å². The average molecular weight is 374 g/mol. The maximum atomic E-state index is 11.9. The molecule has 1 heterocycles. The van der Waals surface area contributed by atoms with Gasteiger partial charge in [-0.2, -0.15) is 0 Å². The van der Waals surface area contributed by atoms with Crippen molar-refractivity contribution in [2.24, 2.45) is 5.73 Å². The van der Waals surface area contributed by atoms with Crippen LogP contribution in [0.4, 0.5) is 5.13 Å². The molecule has 0 bridgehead atoms. The topological polar surface area (TPSA) is 77.2 Å². The van der Waals surface area contributed by atoms with Gasteiger partial charge in [0.15, 0.2) is 11.7 Å². The predicted octanol–water partition coefficient (Wildman–Crippen LogP) is 3.05. The van der Waals surface area contributed by atoms with Gasteiger partial charge in [0, 0.05) is 15.9 Å². The smallest absolute Gasteiger partial charge is 0.264 e. The second kappa shape index (κ2) is 7.97. The number of hydrogen-bond donors (Lipinski definition) is 2. The van der Waals surface area contributed by atoms with Crippen molar-refractivity contribution >= 4 is 46.4 Å². The van der Waals surface area contributed by atoms with Crippen LogP contribution in [0.2, 0.25) is 5.02 Å². The summed E-state index contributed by atoms with van der Waals surface area (Å²) in [5.74, 6) is 0.322. The number of halogens is 2. The number of hydrogen-bond acceptors (Lipinski definition) is 5. The summed E-state index contributed by atoms with van der Waals surface area (Å²) < 4.78 is 5.40. The lowest BCUT2D eigenvalue weighted by molar-refractivity contribution is -0.118. The molecule has 3 N–H and O–H groups in total. The van der Waals surface area contributed by atoms with E-state index in [0.29, 0.717) is 15.9 Å². The Balaban J connectivity index is 0.00000192. The molecule has 0 fully saturated rings. The molecule has 1 aromatic heterocycles. The van der Waals surface area contributed by atoms with E-state index in [1.807, 2.05) is 0 Å². The van der Waals surface area contributed by atoms with Crippen molar-refractivity contribution in [3.8, 4) is 5.75 Å². The number of nitrogens with zero attached hydrogens (tertiary/aromatic N) is 1. The molecule has 0 saturated heterocycles. The number of rotatable bonds is 4. The molecule has 0 aliphatic heterocycles. The molecule has 124 valence electrons. The largest absolute Gasteiger partial charge is 0.484 e. The lowest BCUT2D eigenvalue weighted by Crippen LogP contribution is -2.27. The Morgan fingerprint density at radius 2 is 2.35 bits per heavy atom. The molecule has 8 heteroatoms. The highest BCUT2D eigenvalue weighted by atomic mass is 35.5. The Kier molecular flexibility index (Phi) is 6.24. The van der Waals surface area contributed by atoms with Gasteiger partial charge in [-0.05, 0) is 37.5 Å². The molecule has 3 rings (SSSR count). The lowest BCUT2D eigenvalue weighted by atomic mass is 9.99. The average Bonchev–Trinajstić information content (AvgIpc) is 2.86. The van der Waals surface area contributed by atoms with Gasteiger partial charge in [-0.15, -0.1) is 23.7 Å². The van der Waals surface area contributed by atoms with Crippen LogP contribution in [0.1, 0.15) is 17.0 Å². The van der Waals surface area contributed by atoms with Crippen LogP contribution >= 0.6 is 35.3 Å². The van der Waals surface area contributed by atoms with Crippen LogP contribution in [0.25, 0.3) is 0 Å². The van der Waals surface area contributed by atoms with Crippen molar-refractivity contribution in [1.82, 2.24) is 4.98 Å². The normalized spacial score (nSPS) is 16.2. The number of amides is 1. The van der Waals surface area contributed by atoms with E-state index < -0.39 is 0 Å². The van der Waals surface area contributed by atoms with E-state index >= 15 is 0 Å². The molecule has 1 aromatic carbocycles. The predicted molar refractivity (Wildman–Crippen MR) is 94.9 cm³/mol. The number of ether oxygens (including phenoxy) is 1. The molecular weight excluding hydrogens is 357 g/mol. The van der Waals surface area contributed by atoms with Crippen LogP contribution in [-0.2, 0) is 17.6 Å². The quantitative estimate of drug-likeness (QED) is 0.863. The van der Waals surface area contributed by atoms with Gasteiger partial charge >= 0.3 is 0 Å². The van der Waals surface area contributed by atoms with E-state index in [-0.39, 0.29) is 31.0 Å². The first kappa shape index (κ1) is 18.0. The van der Waals surface area contributed by atoms with Crippen LogP contribution in [-0.4, -0.2) is 23.5 Å². The standard InChI is InChI=1S/C15H16ClN3O2S.ClH/c16-9-2-1-3-11(6-9)21-8-14(20)19-15-18-12-5-4-10(17)7-13(12)22-15;/h1-3,6,10H,4-5,7-8,17H2,(H,18,19,20);1H/t10-;/m0./s1. The fourth-order valence-electron chi connectivity index (χ4n) is 2.31. The number of aromatic nitrogens is 1. The summed E-state index contributed by atoms with van der Waals surface area (Å²) in [5, 5.41) is 3.95. The molecule has 2 aromatic rings. The van der Waals surface area contributed by atoms with Gasteiger partial charge in [-0.1, -0.05) is 17.7 Å². The van der Waals surface area contributed by atoms with E-state index in [2.05, 4.69) is 10.3 Å². The Morgan fingerprint density at radius 1 is 1.52 bits per heavy atom. The molecule has 0 radical (unpaired) electrons. The second-order valence-electron chi connectivity index (χ2n) is 5.19. The number of nitrogens with two attached hydrogens (primary N) is 1. The first-order valence-corrected chi connectivity index (χ1v) is 8.22. The van der Waals surface area contributed by atoms with Crippen molar-refractivity contribution in [1.29, 1.82) is 0 Å². The zero-order valence-corrected chi connectivity index (χ0v) is 14.6. The fourth-order valence-corrected chi connectivity index (χ4v) is 3.61. The van der Waals surface area contributed by atoms with Gasteiger partial charge in [-0.3, -0.25) is 10.1 Å². The SMILES string of the molecule is Cl.N[C@H]1CCc2nc(NC(=O)COc3cccc(Cl)c3)sc2C1. The highest BCUT2D eigenvalue weighted by Crippen LogP contribution is 2.29. The molecule has 0 saturated carbocycles. The first-order valence-electron chi connectivity index (χ1n) is 7.02. The molecular formula is C15H17Cl2N3O2S. The minimum absolute atomic E-state index is 0. The molecule has 23 heavy (non-hydrogen) atoms. The monoisotopic (exact) mass is 373 g/mol.